The van der Waals surface area contributed by atoms with Gasteiger partial charge in [0.15, 0.2) is 11.4 Å². The predicted molar refractivity (Wildman–Crippen MR) is 91.2 cm³/mol. The van der Waals surface area contributed by atoms with Crippen molar-refractivity contribution >= 4 is 29.0 Å². The summed E-state index contributed by atoms with van der Waals surface area (Å²) in [5.74, 6) is -0.484. The van der Waals surface area contributed by atoms with Gasteiger partial charge in [-0.15, -0.1) is 0 Å². The standard InChI is InChI=1S/C18H14ClN3O3/c1-25-18(24)14-9-21-22-15-6-11(10-3-2-4-12(19)5-10)7-16(23)13(15)8-20-17(14)22/h2-5,8-9,11H,6-7H2,1H3. The van der Waals surface area contributed by atoms with Gasteiger partial charge in [0.2, 0.25) is 0 Å². The summed E-state index contributed by atoms with van der Waals surface area (Å²) in [6, 6.07) is 7.53. The van der Waals surface area contributed by atoms with E-state index in [0.29, 0.717) is 29.1 Å². The van der Waals surface area contributed by atoms with Gasteiger partial charge in [-0.25, -0.2) is 14.3 Å². The molecule has 1 aromatic carbocycles. The number of fused-ring (bicyclic) bond motifs is 3. The van der Waals surface area contributed by atoms with Gasteiger partial charge in [-0.1, -0.05) is 23.7 Å². The number of carbonyl (C=O) groups excluding carboxylic acids is 2. The van der Waals surface area contributed by atoms with E-state index in [-0.39, 0.29) is 17.3 Å². The number of ketones is 1. The van der Waals surface area contributed by atoms with Crippen LogP contribution in [0.2, 0.25) is 5.02 Å². The van der Waals surface area contributed by atoms with Gasteiger partial charge < -0.3 is 4.74 Å². The van der Waals surface area contributed by atoms with E-state index in [1.807, 2.05) is 24.3 Å². The summed E-state index contributed by atoms with van der Waals surface area (Å²) in [5.41, 5.74) is 2.98. The summed E-state index contributed by atoms with van der Waals surface area (Å²) < 4.78 is 6.32. The molecule has 0 amide bonds. The number of aromatic nitrogens is 3. The second kappa shape index (κ2) is 5.97. The molecule has 0 saturated carbocycles. The van der Waals surface area contributed by atoms with E-state index < -0.39 is 5.97 Å². The lowest BCUT2D eigenvalue weighted by Crippen LogP contribution is -2.22. The summed E-state index contributed by atoms with van der Waals surface area (Å²) in [6.45, 7) is 0. The van der Waals surface area contributed by atoms with Gasteiger partial charge in [-0.2, -0.15) is 5.10 Å². The average molecular weight is 356 g/mol. The van der Waals surface area contributed by atoms with Crippen LogP contribution in [0.5, 0.6) is 0 Å². The van der Waals surface area contributed by atoms with Gasteiger partial charge in [0.25, 0.3) is 0 Å². The molecule has 0 radical (unpaired) electrons. The molecule has 0 saturated heterocycles. The molecule has 1 aliphatic rings. The molecule has 4 rings (SSSR count). The second-order valence-corrected chi connectivity index (χ2v) is 6.42. The number of Topliss-reactive ketones (excluding diaryl/α,β-unsaturated/α-hetero) is 1. The Labute approximate surface area is 148 Å². The van der Waals surface area contributed by atoms with Gasteiger partial charge >= 0.3 is 5.97 Å². The summed E-state index contributed by atoms with van der Waals surface area (Å²) in [7, 11) is 1.31. The number of nitrogens with zero attached hydrogens (tertiary/aromatic N) is 3. The predicted octanol–water partition coefficient (Wildman–Crippen LogP) is 3.08. The van der Waals surface area contributed by atoms with Crippen molar-refractivity contribution in [2.24, 2.45) is 0 Å². The topological polar surface area (TPSA) is 73.6 Å². The molecular weight excluding hydrogens is 342 g/mol. The average Bonchev–Trinajstić information content (AvgIpc) is 3.05. The third-order valence-corrected chi connectivity index (χ3v) is 4.76. The minimum absolute atomic E-state index is 0.00933. The monoisotopic (exact) mass is 355 g/mol. The molecule has 126 valence electrons. The molecule has 2 aromatic heterocycles. The van der Waals surface area contributed by atoms with Crippen molar-refractivity contribution < 1.29 is 14.3 Å². The fraction of sp³-hybridized carbons (Fsp3) is 0.222. The largest absolute Gasteiger partial charge is 0.465 e. The Balaban J connectivity index is 1.83. The van der Waals surface area contributed by atoms with Crippen molar-refractivity contribution in [1.29, 1.82) is 0 Å². The van der Waals surface area contributed by atoms with Crippen LogP contribution in [0, 0.1) is 0 Å². The summed E-state index contributed by atoms with van der Waals surface area (Å²) in [4.78, 5) is 28.7. The highest BCUT2D eigenvalue weighted by atomic mass is 35.5. The van der Waals surface area contributed by atoms with Gasteiger partial charge in [-0.05, 0) is 30.0 Å². The third-order valence-electron chi connectivity index (χ3n) is 4.52. The van der Waals surface area contributed by atoms with Gasteiger partial charge in [-0.3, -0.25) is 4.79 Å². The molecule has 1 aliphatic carbocycles. The van der Waals surface area contributed by atoms with Crippen LogP contribution in [-0.4, -0.2) is 33.5 Å². The Morgan fingerprint density at radius 2 is 2.16 bits per heavy atom. The Bertz CT molecular complexity index is 1010. The van der Waals surface area contributed by atoms with Crippen LogP contribution >= 0.6 is 11.6 Å². The molecule has 0 spiro atoms. The van der Waals surface area contributed by atoms with E-state index in [1.54, 1.807) is 4.52 Å². The lowest BCUT2D eigenvalue weighted by atomic mass is 9.82. The summed E-state index contributed by atoms with van der Waals surface area (Å²) in [5, 5.41) is 4.90. The lowest BCUT2D eigenvalue weighted by molar-refractivity contribution is 0.0602. The van der Waals surface area contributed by atoms with E-state index in [0.717, 1.165) is 11.3 Å². The van der Waals surface area contributed by atoms with Crippen LogP contribution in [0.25, 0.3) is 5.65 Å². The number of ether oxygens (including phenoxy) is 1. The quantitative estimate of drug-likeness (QED) is 0.660. The molecule has 7 heteroatoms. The maximum atomic E-state index is 12.6. The lowest BCUT2D eigenvalue weighted by Gasteiger charge is -2.24. The highest BCUT2D eigenvalue weighted by Gasteiger charge is 2.30. The number of methoxy groups -OCH3 is 1. The number of hydrogen-bond donors (Lipinski definition) is 0. The van der Waals surface area contributed by atoms with Crippen LogP contribution in [0.1, 0.15) is 44.3 Å². The molecular formula is C18H14ClN3O3. The highest BCUT2D eigenvalue weighted by Crippen LogP contribution is 2.33. The molecule has 25 heavy (non-hydrogen) atoms. The van der Waals surface area contributed by atoms with Crippen LogP contribution in [0.15, 0.2) is 36.7 Å². The van der Waals surface area contributed by atoms with Crippen molar-refractivity contribution in [3.05, 3.63) is 64.1 Å². The SMILES string of the molecule is COC(=O)c1cnn2c3c(cnc12)C(=O)CC(c1cccc(Cl)c1)C3. The Morgan fingerprint density at radius 3 is 2.92 bits per heavy atom. The van der Waals surface area contributed by atoms with E-state index in [1.165, 1.54) is 19.5 Å². The van der Waals surface area contributed by atoms with Gasteiger partial charge in [0.1, 0.15) is 5.56 Å². The van der Waals surface area contributed by atoms with Gasteiger partial charge in [0.05, 0.1) is 24.6 Å². The number of esters is 1. The minimum atomic E-state index is -0.504. The molecule has 1 unspecified atom stereocenters. The molecule has 1 atom stereocenters. The molecule has 2 heterocycles. The molecule has 6 nitrogen and oxygen atoms in total. The number of benzene rings is 1. The molecule has 0 bridgehead atoms. The summed E-state index contributed by atoms with van der Waals surface area (Å²) >= 11 is 6.09. The molecule has 3 aromatic rings. The Kier molecular flexibility index (Phi) is 3.77. The van der Waals surface area contributed by atoms with Crippen molar-refractivity contribution in [3.8, 4) is 0 Å². The van der Waals surface area contributed by atoms with Crippen LogP contribution in [0.3, 0.4) is 0 Å². The van der Waals surface area contributed by atoms with Crippen molar-refractivity contribution in [3.63, 3.8) is 0 Å². The number of hydrogen-bond acceptors (Lipinski definition) is 5. The van der Waals surface area contributed by atoms with Gasteiger partial charge in [0, 0.05) is 17.6 Å². The van der Waals surface area contributed by atoms with Crippen LogP contribution in [-0.2, 0) is 11.2 Å². The van der Waals surface area contributed by atoms with Crippen molar-refractivity contribution in [2.75, 3.05) is 7.11 Å². The minimum Gasteiger partial charge on any atom is -0.465 e. The van der Waals surface area contributed by atoms with Crippen LogP contribution < -0.4 is 0 Å². The van der Waals surface area contributed by atoms with E-state index in [2.05, 4.69) is 10.1 Å². The second-order valence-electron chi connectivity index (χ2n) is 5.99. The fourth-order valence-electron chi connectivity index (χ4n) is 3.30. The Hall–Kier alpha value is -2.73. The fourth-order valence-corrected chi connectivity index (χ4v) is 3.50. The number of carbonyl (C=O) groups is 2. The maximum Gasteiger partial charge on any atom is 0.343 e. The van der Waals surface area contributed by atoms with E-state index in [4.69, 9.17) is 16.3 Å². The zero-order valence-electron chi connectivity index (χ0n) is 13.4. The smallest absolute Gasteiger partial charge is 0.343 e. The van der Waals surface area contributed by atoms with E-state index in [9.17, 15) is 9.59 Å². The highest BCUT2D eigenvalue weighted by molar-refractivity contribution is 6.30. The van der Waals surface area contributed by atoms with Crippen molar-refractivity contribution in [2.45, 2.75) is 18.8 Å². The molecule has 0 N–H and O–H groups in total. The Morgan fingerprint density at radius 1 is 1.32 bits per heavy atom. The zero-order chi connectivity index (χ0) is 17.6. The first kappa shape index (κ1) is 15.8. The first-order valence-corrected chi connectivity index (χ1v) is 8.19. The van der Waals surface area contributed by atoms with E-state index >= 15 is 0 Å². The summed E-state index contributed by atoms with van der Waals surface area (Å²) in [6.07, 6.45) is 3.95. The number of rotatable bonds is 2. The molecule has 0 aliphatic heterocycles. The zero-order valence-corrected chi connectivity index (χ0v) is 14.2. The maximum absolute atomic E-state index is 12.6. The number of halogens is 1. The van der Waals surface area contributed by atoms with Crippen LogP contribution in [0.4, 0.5) is 0 Å². The first-order valence-electron chi connectivity index (χ1n) is 7.81. The van der Waals surface area contributed by atoms with Crippen molar-refractivity contribution in [1.82, 2.24) is 14.6 Å². The third kappa shape index (κ3) is 2.59. The first-order chi connectivity index (χ1) is 12.1. The molecule has 0 fully saturated rings. The normalized spacial score (nSPS) is 16.7.